The summed E-state index contributed by atoms with van der Waals surface area (Å²) >= 11 is 0. The van der Waals surface area contributed by atoms with Crippen molar-refractivity contribution >= 4 is 0 Å². The van der Waals surface area contributed by atoms with Crippen LogP contribution in [0.25, 0.3) is 0 Å². The smallest absolute Gasteiger partial charge is 0.145 e. The zero-order chi connectivity index (χ0) is 13.9. The molecular weight excluding hydrogens is 236 g/mol. The summed E-state index contributed by atoms with van der Waals surface area (Å²) in [5.74, 6) is 1.46. The second-order valence-corrected chi connectivity index (χ2v) is 5.34. The van der Waals surface area contributed by atoms with Gasteiger partial charge in [-0.05, 0) is 23.6 Å². The lowest BCUT2D eigenvalue weighted by molar-refractivity contribution is 0.453. The lowest BCUT2D eigenvalue weighted by atomic mass is 9.86. The van der Waals surface area contributed by atoms with E-state index in [9.17, 15) is 0 Å². The van der Waals surface area contributed by atoms with Crippen molar-refractivity contribution in [1.82, 2.24) is 4.98 Å². The Kier molecular flexibility index (Phi) is 3.52. The maximum absolute atomic E-state index is 8.72. The molecule has 19 heavy (non-hydrogen) atoms. The molecule has 2 aromatic rings. The molecule has 0 saturated carbocycles. The maximum atomic E-state index is 8.72. The largest absolute Gasteiger partial charge is 0.455 e. The Morgan fingerprint density at radius 3 is 2.42 bits per heavy atom. The summed E-state index contributed by atoms with van der Waals surface area (Å²) in [5, 5.41) is 8.72. The molecule has 2 rings (SSSR count). The number of ether oxygens (including phenoxy) is 1. The molecule has 0 bridgehead atoms. The van der Waals surface area contributed by atoms with Crippen LogP contribution in [-0.4, -0.2) is 4.98 Å². The summed E-state index contributed by atoms with van der Waals surface area (Å²) in [5.41, 5.74) is 1.53. The van der Waals surface area contributed by atoms with E-state index in [0.29, 0.717) is 11.4 Å². The molecule has 0 amide bonds. The highest BCUT2D eigenvalue weighted by Gasteiger charge is 2.18. The van der Waals surface area contributed by atoms with Crippen molar-refractivity contribution < 1.29 is 4.74 Å². The molecule has 96 valence electrons. The van der Waals surface area contributed by atoms with Crippen molar-refractivity contribution in [2.24, 2.45) is 0 Å². The van der Waals surface area contributed by atoms with E-state index >= 15 is 0 Å². The van der Waals surface area contributed by atoms with Gasteiger partial charge >= 0.3 is 0 Å². The fraction of sp³-hybridized carbons (Fsp3) is 0.250. The summed E-state index contributed by atoms with van der Waals surface area (Å²) in [6, 6.07) is 13.3. The van der Waals surface area contributed by atoms with Gasteiger partial charge in [0.2, 0.25) is 0 Å². The number of rotatable bonds is 2. The van der Waals surface area contributed by atoms with E-state index in [0.717, 1.165) is 11.3 Å². The standard InChI is InChI=1S/C16H16N2O/c1-16(2,3)14-6-4-5-7-15(14)19-13-9-8-12(10-17)18-11-13/h4-9,11H,1-3H3. The average molecular weight is 252 g/mol. The first kappa shape index (κ1) is 13.1. The highest BCUT2D eigenvalue weighted by atomic mass is 16.5. The summed E-state index contributed by atoms with van der Waals surface area (Å²) in [6.07, 6.45) is 1.57. The number of hydrogen-bond acceptors (Lipinski definition) is 3. The molecular formula is C16H16N2O. The van der Waals surface area contributed by atoms with Gasteiger partial charge in [0, 0.05) is 5.56 Å². The van der Waals surface area contributed by atoms with Gasteiger partial charge in [0.25, 0.3) is 0 Å². The third-order valence-corrected chi connectivity index (χ3v) is 2.77. The van der Waals surface area contributed by atoms with Crippen molar-refractivity contribution in [3.63, 3.8) is 0 Å². The Labute approximate surface area is 113 Å². The monoisotopic (exact) mass is 252 g/mol. The van der Waals surface area contributed by atoms with Gasteiger partial charge in [0.1, 0.15) is 23.3 Å². The molecule has 0 atom stereocenters. The van der Waals surface area contributed by atoms with Crippen LogP contribution in [0.4, 0.5) is 0 Å². The summed E-state index contributed by atoms with van der Waals surface area (Å²) < 4.78 is 5.86. The van der Waals surface area contributed by atoms with Gasteiger partial charge in [0.15, 0.2) is 0 Å². The Morgan fingerprint density at radius 2 is 1.84 bits per heavy atom. The number of aromatic nitrogens is 1. The molecule has 0 spiro atoms. The van der Waals surface area contributed by atoms with Crippen molar-refractivity contribution in [2.75, 3.05) is 0 Å². The van der Waals surface area contributed by atoms with Gasteiger partial charge in [-0.25, -0.2) is 4.98 Å². The summed E-state index contributed by atoms with van der Waals surface area (Å²) in [7, 11) is 0. The number of benzene rings is 1. The number of nitrogens with zero attached hydrogens (tertiary/aromatic N) is 2. The highest BCUT2D eigenvalue weighted by molar-refractivity contribution is 5.41. The minimum absolute atomic E-state index is 0.0105. The molecule has 1 aromatic carbocycles. The van der Waals surface area contributed by atoms with E-state index in [4.69, 9.17) is 10.00 Å². The number of pyridine rings is 1. The molecule has 3 nitrogen and oxygen atoms in total. The van der Waals surface area contributed by atoms with E-state index in [1.54, 1.807) is 18.3 Å². The molecule has 0 fully saturated rings. The van der Waals surface area contributed by atoms with Crippen molar-refractivity contribution in [3.05, 3.63) is 53.9 Å². The molecule has 0 N–H and O–H groups in total. The van der Waals surface area contributed by atoms with Crippen molar-refractivity contribution in [2.45, 2.75) is 26.2 Å². The lowest BCUT2D eigenvalue weighted by Gasteiger charge is -2.22. The maximum Gasteiger partial charge on any atom is 0.145 e. The molecule has 0 radical (unpaired) electrons. The van der Waals surface area contributed by atoms with Gasteiger partial charge in [-0.3, -0.25) is 0 Å². The predicted octanol–water partition coefficient (Wildman–Crippen LogP) is 4.04. The quantitative estimate of drug-likeness (QED) is 0.810. The molecule has 0 aliphatic carbocycles. The molecule has 0 saturated heterocycles. The number of hydrogen-bond donors (Lipinski definition) is 0. The highest BCUT2D eigenvalue weighted by Crippen LogP contribution is 2.33. The topological polar surface area (TPSA) is 45.9 Å². The second-order valence-electron chi connectivity index (χ2n) is 5.34. The Bertz CT molecular complexity index is 604. The minimum Gasteiger partial charge on any atom is -0.455 e. The first-order valence-electron chi connectivity index (χ1n) is 6.14. The normalized spacial score (nSPS) is 10.8. The van der Waals surface area contributed by atoms with Crippen LogP contribution < -0.4 is 4.74 Å². The van der Waals surface area contributed by atoms with Crippen LogP contribution in [0.15, 0.2) is 42.6 Å². The molecule has 0 unspecified atom stereocenters. The van der Waals surface area contributed by atoms with Crippen LogP contribution in [0, 0.1) is 11.3 Å². The third kappa shape index (κ3) is 3.11. The van der Waals surface area contributed by atoms with Crippen LogP contribution in [0.5, 0.6) is 11.5 Å². The van der Waals surface area contributed by atoms with Gasteiger partial charge in [-0.1, -0.05) is 39.0 Å². The lowest BCUT2D eigenvalue weighted by Crippen LogP contribution is -2.12. The van der Waals surface area contributed by atoms with Gasteiger partial charge < -0.3 is 4.74 Å². The van der Waals surface area contributed by atoms with Gasteiger partial charge in [-0.2, -0.15) is 5.26 Å². The van der Waals surface area contributed by atoms with Crippen molar-refractivity contribution in [3.8, 4) is 17.6 Å². The van der Waals surface area contributed by atoms with Crippen molar-refractivity contribution in [1.29, 1.82) is 5.26 Å². The summed E-state index contributed by atoms with van der Waals surface area (Å²) in [4.78, 5) is 4.00. The van der Waals surface area contributed by atoms with E-state index in [1.165, 1.54) is 0 Å². The van der Waals surface area contributed by atoms with E-state index in [2.05, 4.69) is 31.8 Å². The Hall–Kier alpha value is -2.34. The summed E-state index contributed by atoms with van der Waals surface area (Å²) in [6.45, 7) is 6.44. The third-order valence-electron chi connectivity index (χ3n) is 2.77. The average Bonchev–Trinajstić information content (AvgIpc) is 2.39. The fourth-order valence-electron chi connectivity index (χ4n) is 1.81. The zero-order valence-electron chi connectivity index (χ0n) is 11.3. The minimum atomic E-state index is 0.0105. The van der Waals surface area contributed by atoms with Crippen LogP contribution in [0.2, 0.25) is 0 Å². The number of nitriles is 1. The molecule has 0 aliphatic rings. The zero-order valence-corrected chi connectivity index (χ0v) is 11.3. The van der Waals surface area contributed by atoms with Crippen LogP contribution in [0.3, 0.4) is 0 Å². The fourth-order valence-corrected chi connectivity index (χ4v) is 1.81. The van der Waals surface area contributed by atoms with Gasteiger partial charge in [0.05, 0.1) is 6.20 Å². The second kappa shape index (κ2) is 5.11. The van der Waals surface area contributed by atoms with Gasteiger partial charge in [-0.15, -0.1) is 0 Å². The molecule has 0 aliphatic heterocycles. The molecule has 1 aromatic heterocycles. The van der Waals surface area contributed by atoms with Crippen LogP contribution in [-0.2, 0) is 5.41 Å². The van der Waals surface area contributed by atoms with Crippen LogP contribution >= 0.6 is 0 Å². The van der Waals surface area contributed by atoms with E-state index in [-0.39, 0.29) is 5.41 Å². The molecule has 3 heteroatoms. The Balaban J connectivity index is 2.31. The first-order valence-corrected chi connectivity index (χ1v) is 6.14. The number of para-hydroxylation sites is 1. The van der Waals surface area contributed by atoms with Crippen LogP contribution in [0.1, 0.15) is 32.0 Å². The SMILES string of the molecule is CC(C)(C)c1ccccc1Oc1ccc(C#N)nc1. The van der Waals surface area contributed by atoms with E-state index in [1.807, 2.05) is 24.3 Å². The van der Waals surface area contributed by atoms with E-state index < -0.39 is 0 Å². The first-order chi connectivity index (χ1) is 9.00. The predicted molar refractivity (Wildman–Crippen MR) is 74.2 cm³/mol. The molecule has 1 heterocycles. The Morgan fingerprint density at radius 1 is 1.11 bits per heavy atom.